The molecule has 0 aliphatic heterocycles. The lowest BCUT2D eigenvalue weighted by Crippen LogP contribution is -2.41. The van der Waals surface area contributed by atoms with Crippen LogP contribution >= 0.6 is 0 Å². The van der Waals surface area contributed by atoms with Crippen molar-refractivity contribution in [1.29, 1.82) is 0 Å². The first-order valence-corrected chi connectivity index (χ1v) is 5.44. The first-order chi connectivity index (χ1) is 6.37. The summed E-state index contributed by atoms with van der Waals surface area (Å²) in [6.45, 7) is 12.2. The molecule has 2 N–H and O–H groups in total. The minimum absolute atomic E-state index is 0.241. The van der Waals surface area contributed by atoms with E-state index in [1.165, 1.54) is 0 Å². The van der Waals surface area contributed by atoms with Crippen LogP contribution in [0.2, 0.25) is 0 Å². The Kier molecular flexibility index (Phi) is 6.33. The van der Waals surface area contributed by atoms with E-state index in [2.05, 4.69) is 38.0 Å². The van der Waals surface area contributed by atoms with Gasteiger partial charge in [-0.1, -0.05) is 20.8 Å². The fraction of sp³-hybridized carbons (Fsp3) is 1.00. The van der Waals surface area contributed by atoms with Crippen molar-refractivity contribution >= 4 is 0 Å². The van der Waals surface area contributed by atoms with Crippen LogP contribution in [-0.4, -0.2) is 49.3 Å². The maximum absolute atomic E-state index is 9.24. The van der Waals surface area contributed by atoms with Crippen LogP contribution in [-0.2, 0) is 0 Å². The van der Waals surface area contributed by atoms with Crippen molar-refractivity contribution in [3.05, 3.63) is 0 Å². The van der Waals surface area contributed by atoms with Gasteiger partial charge in [-0.25, -0.2) is 0 Å². The van der Waals surface area contributed by atoms with Crippen LogP contribution in [0.5, 0.6) is 0 Å². The zero-order valence-corrected chi connectivity index (χ0v) is 10.3. The molecule has 0 bridgehead atoms. The summed E-state index contributed by atoms with van der Waals surface area (Å²) in [5.41, 5.74) is 0.264. The molecular weight excluding hydrogens is 176 g/mol. The highest BCUT2D eigenvalue weighted by molar-refractivity contribution is 4.75. The third kappa shape index (κ3) is 7.30. The second-order valence-corrected chi connectivity index (χ2v) is 4.99. The molecule has 0 spiro atoms. The van der Waals surface area contributed by atoms with Gasteiger partial charge in [-0.05, 0) is 25.9 Å². The lowest BCUT2D eigenvalue weighted by Gasteiger charge is -2.31. The number of nitrogens with one attached hydrogen (secondary N) is 1. The Labute approximate surface area is 88.5 Å². The quantitative estimate of drug-likeness (QED) is 0.645. The standard InChI is InChI=1S/C11H26N2O/c1-6-12-8-11(3,4)9-13(5)7-10(2)14/h10,12,14H,6-9H2,1-5H3. The van der Waals surface area contributed by atoms with Crippen LogP contribution in [0.4, 0.5) is 0 Å². The van der Waals surface area contributed by atoms with Crippen molar-refractivity contribution in [2.45, 2.75) is 33.8 Å². The van der Waals surface area contributed by atoms with Gasteiger partial charge >= 0.3 is 0 Å². The van der Waals surface area contributed by atoms with Gasteiger partial charge in [-0.2, -0.15) is 0 Å². The fourth-order valence-electron chi connectivity index (χ4n) is 1.77. The molecule has 0 aliphatic carbocycles. The second-order valence-electron chi connectivity index (χ2n) is 4.99. The highest BCUT2D eigenvalue weighted by atomic mass is 16.3. The minimum Gasteiger partial charge on any atom is -0.392 e. The molecule has 0 rings (SSSR count). The number of aliphatic hydroxyl groups excluding tert-OH is 1. The van der Waals surface area contributed by atoms with E-state index in [9.17, 15) is 5.11 Å². The van der Waals surface area contributed by atoms with E-state index in [0.29, 0.717) is 0 Å². The zero-order valence-electron chi connectivity index (χ0n) is 10.3. The van der Waals surface area contributed by atoms with Gasteiger partial charge in [0, 0.05) is 19.6 Å². The van der Waals surface area contributed by atoms with Crippen LogP contribution in [0.15, 0.2) is 0 Å². The maximum atomic E-state index is 9.24. The topological polar surface area (TPSA) is 35.5 Å². The monoisotopic (exact) mass is 202 g/mol. The lowest BCUT2D eigenvalue weighted by atomic mass is 9.92. The lowest BCUT2D eigenvalue weighted by molar-refractivity contribution is 0.116. The molecule has 0 heterocycles. The molecule has 0 aromatic carbocycles. The van der Waals surface area contributed by atoms with E-state index >= 15 is 0 Å². The van der Waals surface area contributed by atoms with Gasteiger partial charge in [0.2, 0.25) is 0 Å². The predicted octanol–water partition coefficient (Wildman–Crippen LogP) is 0.935. The molecule has 3 nitrogen and oxygen atoms in total. The molecule has 3 heteroatoms. The number of nitrogens with zero attached hydrogens (tertiary/aromatic N) is 1. The van der Waals surface area contributed by atoms with Crippen molar-refractivity contribution in [3.63, 3.8) is 0 Å². The second kappa shape index (κ2) is 6.38. The van der Waals surface area contributed by atoms with Crippen LogP contribution < -0.4 is 5.32 Å². The SMILES string of the molecule is CCNCC(C)(C)CN(C)CC(C)O. The molecule has 0 fully saturated rings. The molecule has 1 atom stereocenters. The number of hydrogen-bond donors (Lipinski definition) is 2. The van der Waals surface area contributed by atoms with E-state index in [0.717, 1.165) is 26.2 Å². The van der Waals surface area contributed by atoms with Crippen molar-refractivity contribution in [1.82, 2.24) is 10.2 Å². The Bertz CT molecular complexity index is 146. The number of likely N-dealkylation sites (N-methyl/N-ethyl adjacent to an activating group) is 1. The third-order valence-corrected chi connectivity index (χ3v) is 2.13. The Morgan fingerprint density at radius 1 is 1.43 bits per heavy atom. The van der Waals surface area contributed by atoms with Crippen LogP contribution in [0.25, 0.3) is 0 Å². The molecule has 0 aliphatic rings. The number of hydrogen-bond acceptors (Lipinski definition) is 3. The van der Waals surface area contributed by atoms with Crippen molar-refractivity contribution in [2.24, 2.45) is 5.41 Å². The molecule has 1 unspecified atom stereocenters. The molecule has 0 aromatic heterocycles. The highest BCUT2D eigenvalue weighted by Crippen LogP contribution is 2.14. The fourth-order valence-corrected chi connectivity index (χ4v) is 1.77. The van der Waals surface area contributed by atoms with Crippen molar-refractivity contribution < 1.29 is 5.11 Å². The first-order valence-electron chi connectivity index (χ1n) is 5.44. The summed E-state index contributed by atoms with van der Waals surface area (Å²) < 4.78 is 0. The molecular formula is C11H26N2O. The van der Waals surface area contributed by atoms with Crippen LogP contribution in [0.3, 0.4) is 0 Å². The summed E-state index contributed by atoms with van der Waals surface area (Å²) in [4.78, 5) is 2.18. The van der Waals surface area contributed by atoms with Crippen molar-refractivity contribution in [2.75, 3.05) is 33.2 Å². The van der Waals surface area contributed by atoms with E-state index in [4.69, 9.17) is 0 Å². The van der Waals surface area contributed by atoms with Gasteiger partial charge in [-0.3, -0.25) is 0 Å². The summed E-state index contributed by atoms with van der Waals surface area (Å²) in [6.07, 6.45) is -0.241. The normalized spacial score (nSPS) is 14.8. The van der Waals surface area contributed by atoms with Gasteiger partial charge < -0.3 is 15.3 Å². The van der Waals surface area contributed by atoms with Gasteiger partial charge in [-0.15, -0.1) is 0 Å². The van der Waals surface area contributed by atoms with E-state index in [1.807, 2.05) is 6.92 Å². The predicted molar refractivity (Wildman–Crippen MR) is 61.5 cm³/mol. The molecule has 0 saturated heterocycles. The Balaban J connectivity index is 3.82. The molecule has 0 amide bonds. The van der Waals surface area contributed by atoms with E-state index < -0.39 is 0 Å². The molecule has 0 aromatic rings. The summed E-state index contributed by atoms with van der Waals surface area (Å²) >= 11 is 0. The summed E-state index contributed by atoms with van der Waals surface area (Å²) in [7, 11) is 2.06. The average Bonchev–Trinajstić information content (AvgIpc) is 1.98. The molecule has 14 heavy (non-hydrogen) atoms. The number of aliphatic hydroxyl groups is 1. The summed E-state index contributed by atoms with van der Waals surface area (Å²) in [6, 6.07) is 0. The Morgan fingerprint density at radius 2 is 2.00 bits per heavy atom. The summed E-state index contributed by atoms with van der Waals surface area (Å²) in [5, 5.41) is 12.6. The first kappa shape index (κ1) is 13.9. The van der Waals surface area contributed by atoms with Gasteiger partial charge in [0.25, 0.3) is 0 Å². The average molecular weight is 202 g/mol. The van der Waals surface area contributed by atoms with Gasteiger partial charge in [0.1, 0.15) is 0 Å². The summed E-state index contributed by atoms with van der Waals surface area (Å²) in [5.74, 6) is 0. The Hall–Kier alpha value is -0.120. The molecule has 0 radical (unpaired) electrons. The largest absolute Gasteiger partial charge is 0.392 e. The van der Waals surface area contributed by atoms with Crippen LogP contribution in [0.1, 0.15) is 27.7 Å². The van der Waals surface area contributed by atoms with Gasteiger partial charge in [0.05, 0.1) is 6.10 Å². The number of rotatable bonds is 7. The minimum atomic E-state index is -0.241. The third-order valence-electron chi connectivity index (χ3n) is 2.13. The van der Waals surface area contributed by atoms with Gasteiger partial charge in [0.15, 0.2) is 0 Å². The van der Waals surface area contributed by atoms with E-state index in [1.54, 1.807) is 0 Å². The molecule has 0 saturated carbocycles. The van der Waals surface area contributed by atoms with Crippen molar-refractivity contribution in [3.8, 4) is 0 Å². The zero-order chi connectivity index (χ0) is 11.2. The Morgan fingerprint density at radius 3 is 2.43 bits per heavy atom. The molecule has 86 valence electrons. The van der Waals surface area contributed by atoms with Crippen LogP contribution in [0, 0.1) is 5.41 Å². The maximum Gasteiger partial charge on any atom is 0.0638 e. The van der Waals surface area contributed by atoms with E-state index in [-0.39, 0.29) is 11.5 Å². The smallest absolute Gasteiger partial charge is 0.0638 e. The highest BCUT2D eigenvalue weighted by Gasteiger charge is 2.19.